The number of aryl methyl sites for hydroxylation is 1. The monoisotopic (exact) mass is 419 g/mol. The van der Waals surface area contributed by atoms with Gasteiger partial charge in [0.1, 0.15) is 5.82 Å². The van der Waals surface area contributed by atoms with E-state index in [9.17, 15) is 4.79 Å². The minimum Gasteiger partial charge on any atom is -0.331 e. The second-order valence-corrected chi connectivity index (χ2v) is 8.41. The lowest BCUT2D eigenvalue weighted by molar-refractivity contribution is 0.119. The van der Waals surface area contributed by atoms with Crippen LogP contribution < -0.4 is 5.56 Å². The third kappa shape index (κ3) is 4.60. The van der Waals surface area contributed by atoms with E-state index in [0.717, 1.165) is 63.5 Å². The van der Waals surface area contributed by atoms with E-state index in [1.54, 1.807) is 29.2 Å². The Labute approximate surface area is 182 Å². The SMILES string of the molecule is O=c1ccc(-c2cccnc2)nn1CCN1CCN(Cc2ncc3n2CCCC3)CC1. The molecular weight excluding hydrogens is 390 g/mol. The molecule has 0 atom stereocenters. The van der Waals surface area contributed by atoms with Gasteiger partial charge in [-0.05, 0) is 37.5 Å². The van der Waals surface area contributed by atoms with Gasteiger partial charge in [0, 0.05) is 75.2 Å². The van der Waals surface area contributed by atoms with E-state index >= 15 is 0 Å². The molecule has 0 spiro atoms. The fraction of sp³-hybridized carbons (Fsp3) is 0.478. The van der Waals surface area contributed by atoms with Crippen molar-refractivity contribution in [2.45, 2.75) is 38.9 Å². The van der Waals surface area contributed by atoms with E-state index in [2.05, 4.69) is 35.6 Å². The molecular formula is C23H29N7O. The summed E-state index contributed by atoms with van der Waals surface area (Å²) < 4.78 is 3.99. The zero-order valence-corrected chi connectivity index (χ0v) is 17.9. The fourth-order valence-electron chi connectivity index (χ4n) is 4.51. The maximum Gasteiger partial charge on any atom is 0.266 e. The smallest absolute Gasteiger partial charge is 0.266 e. The summed E-state index contributed by atoms with van der Waals surface area (Å²) in [6, 6.07) is 7.20. The lowest BCUT2D eigenvalue weighted by atomic mass is 10.1. The van der Waals surface area contributed by atoms with Crippen molar-refractivity contribution in [1.29, 1.82) is 0 Å². The van der Waals surface area contributed by atoms with E-state index in [-0.39, 0.29) is 5.56 Å². The summed E-state index contributed by atoms with van der Waals surface area (Å²) in [5.41, 5.74) is 3.04. The summed E-state index contributed by atoms with van der Waals surface area (Å²) in [5.74, 6) is 1.21. The summed E-state index contributed by atoms with van der Waals surface area (Å²) in [7, 11) is 0. The van der Waals surface area contributed by atoms with Crippen LogP contribution in [0.1, 0.15) is 24.4 Å². The minimum atomic E-state index is -0.0599. The van der Waals surface area contributed by atoms with Crippen LogP contribution in [0.3, 0.4) is 0 Å². The van der Waals surface area contributed by atoms with Crippen molar-refractivity contribution in [2.75, 3.05) is 32.7 Å². The molecule has 1 fully saturated rings. The molecule has 2 aliphatic heterocycles. The molecule has 1 saturated heterocycles. The number of nitrogens with zero attached hydrogens (tertiary/aromatic N) is 7. The van der Waals surface area contributed by atoms with Crippen LogP contribution in [0.5, 0.6) is 0 Å². The van der Waals surface area contributed by atoms with Crippen molar-refractivity contribution in [3.05, 3.63) is 64.7 Å². The number of rotatable bonds is 6. The molecule has 0 aromatic carbocycles. The third-order valence-electron chi connectivity index (χ3n) is 6.37. The Morgan fingerprint density at radius 1 is 0.903 bits per heavy atom. The Balaban J connectivity index is 1.15. The Morgan fingerprint density at radius 3 is 2.61 bits per heavy atom. The molecule has 0 saturated carbocycles. The van der Waals surface area contributed by atoms with Gasteiger partial charge in [0.15, 0.2) is 0 Å². The molecule has 2 aliphatic rings. The highest BCUT2D eigenvalue weighted by atomic mass is 16.1. The number of imidazole rings is 1. The van der Waals surface area contributed by atoms with Crippen LogP contribution >= 0.6 is 0 Å². The quantitative estimate of drug-likeness (QED) is 0.605. The third-order valence-corrected chi connectivity index (χ3v) is 6.37. The zero-order chi connectivity index (χ0) is 21.0. The zero-order valence-electron chi connectivity index (χ0n) is 17.9. The Kier molecular flexibility index (Phi) is 5.90. The first-order valence-corrected chi connectivity index (χ1v) is 11.2. The van der Waals surface area contributed by atoms with Gasteiger partial charge in [-0.2, -0.15) is 5.10 Å². The molecule has 5 rings (SSSR count). The summed E-state index contributed by atoms with van der Waals surface area (Å²) >= 11 is 0. The Morgan fingerprint density at radius 2 is 1.77 bits per heavy atom. The molecule has 8 nitrogen and oxygen atoms in total. The van der Waals surface area contributed by atoms with Crippen molar-refractivity contribution in [3.8, 4) is 11.3 Å². The van der Waals surface area contributed by atoms with Gasteiger partial charge in [0.05, 0.1) is 18.8 Å². The highest BCUT2D eigenvalue weighted by Gasteiger charge is 2.20. The van der Waals surface area contributed by atoms with Gasteiger partial charge in [-0.1, -0.05) is 0 Å². The number of fused-ring (bicyclic) bond motifs is 1. The van der Waals surface area contributed by atoms with E-state index < -0.39 is 0 Å². The summed E-state index contributed by atoms with van der Waals surface area (Å²) in [6.45, 7) is 7.54. The van der Waals surface area contributed by atoms with Gasteiger partial charge in [-0.3, -0.25) is 19.6 Å². The van der Waals surface area contributed by atoms with Crippen molar-refractivity contribution in [2.24, 2.45) is 0 Å². The molecule has 0 unspecified atom stereocenters. The van der Waals surface area contributed by atoms with Crippen LogP contribution in [0.25, 0.3) is 11.3 Å². The first-order chi connectivity index (χ1) is 15.3. The normalized spacial score (nSPS) is 17.5. The minimum absolute atomic E-state index is 0.0599. The fourth-order valence-corrected chi connectivity index (χ4v) is 4.51. The Hall–Kier alpha value is -2.84. The average Bonchev–Trinajstić information content (AvgIpc) is 3.23. The first-order valence-electron chi connectivity index (χ1n) is 11.2. The number of aromatic nitrogens is 5. The molecule has 31 heavy (non-hydrogen) atoms. The second kappa shape index (κ2) is 9.11. The van der Waals surface area contributed by atoms with E-state index in [1.807, 2.05) is 12.1 Å². The highest BCUT2D eigenvalue weighted by molar-refractivity contribution is 5.56. The lowest BCUT2D eigenvalue weighted by Crippen LogP contribution is -2.47. The summed E-state index contributed by atoms with van der Waals surface area (Å²) in [6.07, 6.45) is 9.28. The van der Waals surface area contributed by atoms with Crippen LogP contribution in [0.15, 0.2) is 47.7 Å². The van der Waals surface area contributed by atoms with Crippen LogP contribution in [0.4, 0.5) is 0 Å². The maximum absolute atomic E-state index is 12.3. The van der Waals surface area contributed by atoms with Crippen molar-refractivity contribution in [3.63, 3.8) is 0 Å². The highest BCUT2D eigenvalue weighted by Crippen LogP contribution is 2.18. The van der Waals surface area contributed by atoms with Gasteiger partial charge in [-0.15, -0.1) is 0 Å². The lowest BCUT2D eigenvalue weighted by Gasteiger charge is -2.34. The van der Waals surface area contributed by atoms with Crippen molar-refractivity contribution >= 4 is 0 Å². The average molecular weight is 420 g/mol. The van der Waals surface area contributed by atoms with E-state index in [0.29, 0.717) is 6.54 Å². The van der Waals surface area contributed by atoms with Crippen LogP contribution in [-0.4, -0.2) is 66.8 Å². The molecule has 0 radical (unpaired) electrons. The van der Waals surface area contributed by atoms with Crippen molar-refractivity contribution < 1.29 is 0 Å². The van der Waals surface area contributed by atoms with E-state index in [4.69, 9.17) is 0 Å². The standard InChI is InChI=1S/C23H29N7O/c31-23-7-6-21(19-4-3-8-24-16-19)26-30(23)15-14-27-10-12-28(13-11-27)18-22-25-17-20-5-1-2-9-29(20)22/h3-4,6-8,16-17H,1-2,5,9-15,18H2. The summed E-state index contributed by atoms with van der Waals surface area (Å²) in [4.78, 5) is 26.0. The number of pyridine rings is 1. The van der Waals surface area contributed by atoms with Crippen LogP contribution in [0, 0.1) is 0 Å². The van der Waals surface area contributed by atoms with Gasteiger partial charge in [0.25, 0.3) is 5.56 Å². The maximum atomic E-state index is 12.3. The predicted octanol–water partition coefficient (Wildman–Crippen LogP) is 1.66. The molecule has 3 aromatic heterocycles. The molecule has 0 N–H and O–H groups in total. The molecule has 0 amide bonds. The molecule has 0 aliphatic carbocycles. The molecule has 5 heterocycles. The summed E-state index contributed by atoms with van der Waals surface area (Å²) in [5, 5.41) is 4.55. The van der Waals surface area contributed by atoms with Crippen LogP contribution in [0.2, 0.25) is 0 Å². The predicted molar refractivity (Wildman–Crippen MR) is 119 cm³/mol. The molecule has 3 aromatic rings. The van der Waals surface area contributed by atoms with Gasteiger partial charge >= 0.3 is 0 Å². The van der Waals surface area contributed by atoms with Crippen LogP contribution in [-0.2, 0) is 26.1 Å². The van der Waals surface area contributed by atoms with Gasteiger partial charge in [0.2, 0.25) is 0 Å². The van der Waals surface area contributed by atoms with Gasteiger partial charge in [-0.25, -0.2) is 9.67 Å². The van der Waals surface area contributed by atoms with Gasteiger partial charge < -0.3 is 4.57 Å². The molecule has 8 heteroatoms. The Bertz CT molecular complexity index is 1070. The first kappa shape index (κ1) is 20.1. The van der Waals surface area contributed by atoms with Crippen molar-refractivity contribution in [1.82, 2.24) is 34.1 Å². The number of hydrogen-bond donors (Lipinski definition) is 0. The number of piperazine rings is 1. The molecule has 162 valence electrons. The largest absolute Gasteiger partial charge is 0.331 e. The topological polar surface area (TPSA) is 72.1 Å². The number of hydrogen-bond acceptors (Lipinski definition) is 6. The van der Waals surface area contributed by atoms with E-state index in [1.165, 1.54) is 24.4 Å². The molecule has 0 bridgehead atoms. The second-order valence-electron chi connectivity index (χ2n) is 8.41.